The van der Waals surface area contributed by atoms with E-state index in [2.05, 4.69) is 146 Å². The summed E-state index contributed by atoms with van der Waals surface area (Å²) >= 11 is 0. The highest BCUT2D eigenvalue weighted by molar-refractivity contribution is 6.23. The molecular weight excluding hydrogens is 609 g/mol. The molecule has 0 spiro atoms. The highest BCUT2D eigenvalue weighted by Gasteiger charge is 2.19. The van der Waals surface area contributed by atoms with Crippen LogP contribution in [-0.4, -0.2) is 0 Å². The molecule has 0 unspecified atom stereocenters. The Hall–Kier alpha value is -6.64. The number of fused-ring (bicyclic) bond motifs is 10. The molecule has 2 nitrogen and oxygen atoms in total. The number of furan rings is 2. The maximum atomic E-state index is 6.45. The van der Waals surface area contributed by atoms with Gasteiger partial charge >= 0.3 is 0 Å². The summed E-state index contributed by atoms with van der Waals surface area (Å²) in [5, 5.41) is 12.0. The van der Waals surface area contributed by atoms with Crippen LogP contribution in [0.4, 0.5) is 0 Å². The highest BCUT2D eigenvalue weighted by atomic mass is 16.3. The predicted octanol–water partition coefficient (Wildman–Crippen LogP) is 13.9. The topological polar surface area (TPSA) is 26.3 Å². The Bertz CT molecular complexity index is 3100. The second-order valence-electron chi connectivity index (χ2n) is 13.2. The Labute approximate surface area is 287 Å². The van der Waals surface area contributed by atoms with Crippen molar-refractivity contribution in [1.29, 1.82) is 0 Å². The van der Waals surface area contributed by atoms with Crippen molar-refractivity contribution >= 4 is 76.2 Å². The van der Waals surface area contributed by atoms with Crippen LogP contribution < -0.4 is 0 Å². The number of hydrogen-bond acceptors (Lipinski definition) is 2. The zero-order chi connectivity index (χ0) is 32.8. The van der Waals surface area contributed by atoms with Gasteiger partial charge in [-0.05, 0) is 90.5 Å². The van der Waals surface area contributed by atoms with E-state index in [9.17, 15) is 0 Å². The van der Waals surface area contributed by atoms with E-state index in [1.807, 2.05) is 24.3 Å². The second kappa shape index (κ2) is 10.4. The van der Waals surface area contributed by atoms with Gasteiger partial charge in [-0.25, -0.2) is 0 Å². The maximum Gasteiger partial charge on any atom is 0.143 e. The second-order valence-corrected chi connectivity index (χ2v) is 13.2. The first-order valence-electron chi connectivity index (χ1n) is 17.1. The van der Waals surface area contributed by atoms with E-state index in [0.717, 1.165) is 49.6 Å². The molecule has 50 heavy (non-hydrogen) atoms. The van der Waals surface area contributed by atoms with E-state index >= 15 is 0 Å². The first-order chi connectivity index (χ1) is 24.8. The lowest BCUT2D eigenvalue weighted by molar-refractivity contribution is 0.669. The molecule has 0 aliphatic carbocycles. The van der Waals surface area contributed by atoms with Crippen LogP contribution in [-0.2, 0) is 0 Å². The van der Waals surface area contributed by atoms with E-state index in [0.29, 0.717) is 0 Å². The molecule has 0 saturated carbocycles. The van der Waals surface area contributed by atoms with Gasteiger partial charge < -0.3 is 8.83 Å². The van der Waals surface area contributed by atoms with Crippen molar-refractivity contribution in [3.63, 3.8) is 0 Å². The number of benzene rings is 9. The van der Waals surface area contributed by atoms with Crippen LogP contribution in [0.15, 0.2) is 179 Å². The normalized spacial score (nSPS) is 12.0. The number of hydrogen-bond donors (Lipinski definition) is 0. The van der Waals surface area contributed by atoms with E-state index in [-0.39, 0.29) is 0 Å². The van der Waals surface area contributed by atoms with Gasteiger partial charge in [0, 0.05) is 27.1 Å². The standard InChI is InChI=1S/C48H28O2/c1-3-16-38-36(14-1)45(31-12-9-11-29(27-31)34-19-10-20-40-35-13-5-7-21-42(35)50-48(34)40)37-15-2-4-17-39(37)46(38)32-23-25-33-30(28-32)24-26-44-47(33)41-18-6-8-22-43(41)49-44/h1-28H. The first kappa shape index (κ1) is 27.3. The van der Waals surface area contributed by atoms with Crippen molar-refractivity contribution in [3.8, 4) is 33.4 Å². The van der Waals surface area contributed by atoms with Gasteiger partial charge in [-0.2, -0.15) is 0 Å². The lowest BCUT2D eigenvalue weighted by atomic mass is 9.85. The monoisotopic (exact) mass is 636 g/mol. The Balaban J connectivity index is 1.14. The molecule has 0 bridgehead atoms. The molecule has 0 N–H and O–H groups in total. The van der Waals surface area contributed by atoms with Gasteiger partial charge in [-0.1, -0.05) is 140 Å². The SMILES string of the molecule is c1cc(-c2c3ccccc3c(-c3ccc4c(ccc5oc6ccccc6c54)c3)c3ccccc23)cc(-c2cccc3c2oc2ccccc23)c1. The summed E-state index contributed by atoms with van der Waals surface area (Å²) in [7, 11) is 0. The molecule has 0 aliphatic heterocycles. The smallest absolute Gasteiger partial charge is 0.143 e. The van der Waals surface area contributed by atoms with Gasteiger partial charge in [0.05, 0.1) is 0 Å². The highest BCUT2D eigenvalue weighted by Crippen LogP contribution is 2.46. The summed E-state index contributed by atoms with van der Waals surface area (Å²) in [5.74, 6) is 0. The van der Waals surface area contributed by atoms with E-state index in [4.69, 9.17) is 8.83 Å². The Morgan fingerprint density at radius 1 is 0.300 bits per heavy atom. The summed E-state index contributed by atoms with van der Waals surface area (Å²) < 4.78 is 12.7. The summed E-state index contributed by atoms with van der Waals surface area (Å²) in [6.45, 7) is 0. The van der Waals surface area contributed by atoms with Crippen LogP contribution in [0.3, 0.4) is 0 Å². The molecule has 0 fully saturated rings. The molecule has 9 aromatic carbocycles. The predicted molar refractivity (Wildman–Crippen MR) is 210 cm³/mol. The first-order valence-corrected chi connectivity index (χ1v) is 17.1. The van der Waals surface area contributed by atoms with Crippen molar-refractivity contribution in [3.05, 3.63) is 170 Å². The molecule has 11 aromatic rings. The van der Waals surface area contributed by atoms with Gasteiger partial charge in [0.2, 0.25) is 0 Å². The van der Waals surface area contributed by atoms with E-state index in [1.54, 1.807) is 0 Å². The van der Waals surface area contributed by atoms with Crippen LogP contribution in [0.5, 0.6) is 0 Å². The fraction of sp³-hybridized carbons (Fsp3) is 0. The van der Waals surface area contributed by atoms with Crippen molar-refractivity contribution in [2.24, 2.45) is 0 Å². The minimum Gasteiger partial charge on any atom is -0.456 e. The fourth-order valence-corrected chi connectivity index (χ4v) is 8.28. The van der Waals surface area contributed by atoms with Crippen LogP contribution in [0.25, 0.3) is 110 Å². The van der Waals surface area contributed by atoms with Crippen LogP contribution in [0.2, 0.25) is 0 Å². The van der Waals surface area contributed by atoms with Crippen LogP contribution >= 0.6 is 0 Å². The van der Waals surface area contributed by atoms with E-state index < -0.39 is 0 Å². The van der Waals surface area contributed by atoms with Crippen molar-refractivity contribution in [2.45, 2.75) is 0 Å². The Morgan fingerprint density at radius 3 is 1.58 bits per heavy atom. The lowest BCUT2D eigenvalue weighted by Crippen LogP contribution is -1.91. The number of rotatable bonds is 3. The van der Waals surface area contributed by atoms with Gasteiger partial charge in [0.1, 0.15) is 22.3 Å². The molecule has 0 atom stereocenters. The molecule has 0 aliphatic rings. The Morgan fingerprint density at radius 2 is 0.860 bits per heavy atom. The van der Waals surface area contributed by atoms with Gasteiger partial charge in [-0.15, -0.1) is 0 Å². The zero-order valence-corrected chi connectivity index (χ0v) is 27.0. The van der Waals surface area contributed by atoms with Gasteiger partial charge in [0.25, 0.3) is 0 Å². The largest absolute Gasteiger partial charge is 0.456 e. The molecular formula is C48H28O2. The zero-order valence-electron chi connectivity index (χ0n) is 27.0. The number of para-hydroxylation sites is 3. The van der Waals surface area contributed by atoms with Gasteiger partial charge in [0.15, 0.2) is 0 Å². The molecule has 11 rings (SSSR count). The average molecular weight is 637 g/mol. The molecule has 2 heteroatoms. The molecule has 232 valence electrons. The van der Waals surface area contributed by atoms with Crippen molar-refractivity contribution < 1.29 is 8.83 Å². The summed E-state index contributed by atoms with van der Waals surface area (Å²) in [4.78, 5) is 0. The molecule has 2 heterocycles. The molecule has 0 saturated heterocycles. The lowest BCUT2D eigenvalue weighted by Gasteiger charge is -2.18. The quantitative estimate of drug-likeness (QED) is 0.180. The third-order valence-corrected chi connectivity index (χ3v) is 10.4. The average Bonchev–Trinajstić information content (AvgIpc) is 3.75. The summed E-state index contributed by atoms with van der Waals surface area (Å²) in [6.07, 6.45) is 0. The van der Waals surface area contributed by atoms with Crippen molar-refractivity contribution in [2.75, 3.05) is 0 Å². The molecule has 0 radical (unpaired) electrons. The van der Waals surface area contributed by atoms with Crippen LogP contribution in [0.1, 0.15) is 0 Å². The minimum atomic E-state index is 0.912. The van der Waals surface area contributed by atoms with E-state index in [1.165, 1.54) is 60.0 Å². The molecule has 0 amide bonds. The maximum absolute atomic E-state index is 6.45. The van der Waals surface area contributed by atoms with Crippen LogP contribution in [0, 0.1) is 0 Å². The minimum absolute atomic E-state index is 0.912. The summed E-state index contributed by atoms with van der Waals surface area (Å²) in [6, 6.07) is 60.9. The summed E-state index contributed by atoms with van der Waals surface area (Å²) in [5.41, 5.74) is 10.8. The van der Waals surface area contributed by atoms with Crippen molar-refractivity contribution in [1.82, 2.24) is 0 Å². The molecule has 2 aromatic heterocycles. The Kier molecular flexibility index (Phi) is 5.70. The third kappa shape index (κ3) is 3.90. The third-order valence-electron chi connectivity index (χ3n) is 10.4. The van der Waals surface area contributed by atoms with Gasteiger partial charge in [-0.3, -0.25) is 0 Å². The fourth-order valence-electron chi connectivity index (χ4n) is 8.28.